The van der Waals surface area contributed by atoms with Crippen molar-refractivity contribution in [3.05, 3.63) is 337 Å². The monoisotopic (exact) mass is 1160 g/mol. The van der Waals surface area contributed by atoms with Gasteiger partial charge in [0.2, 0.25) is 0 Å². The van der Waals surface area contributed by atoms with Gasteiger partial charge in [-0.2, -0.15) is 0 Å². The highest BCUT2D eigenvalue weighted by Gasteiger charge is 2.52. The van der Waals surface area contributed by atoms with Crippen molar-refractivity contribution in [2.75, 3.05) is 9.80 Å². The van der Waals surface area contributed by atoms with Crippen LogP contribution in [0.25, 0.3) is 121 Å². The number of hydrogen-bond donors (Lipinski definition) is 0. The third kappa shape index (κ3) is 7.45. The Hall–Kier alpha value is -11.7. The number of furan rings is 2. The van der Waals surface area contributed by atoms with Crippen molar-refractivity contribution in [3.63, 3.8) is 0 Å². The number of fused-ring (bicyclic) bond motifs is 20. The minimum absolute atomic E-state index is 0.656. The zero-order valence-electron chi connectivity index (χ0n) is 50.1. The summed E-state index contributed by atoms with van der Waals surface area (Å²) in [5.41, 5.74) is 26.1. The molecule has 0 saturated heterocycles. The predicted molar refractivity (Wildman–Crippen MR) is 380 cm³/mol. The molecular weight excluding hydrogens is 1100 g/mol. The van der Waals surface area contributed by atoms with Crippen molar-refractivity contribution in [1.29, 1.82) is 0 Å². The fraction of sp³-hybridized carbons (Fsp3) is 0.0345. The van der Waals surface area contributed by atoms with Crippen LogP contribution < -0.4 is 9.80 Å². The van der Waals surface area contributed by atoms with Gasteiger partial charge in [-0.15, -0.1) is 0 Å². The van der Waals surface area contributed by atoms with Crippen LogP contribution in [0.1, 0.15) is 33.4 Å². The molecule has 2 heterocycles. The molecule has 0 N–H and O–H groups in total. The average Bonchev–Trinajstić information content (AvgIpc) is 1.50. The average molecular weight is 1160 g/mol. The zero-order valence-corrected chi connectivity index (χ0v) is 50.1. The maximum Gasteiger partial charge on any atom is 0.159 e. The van der Waals surface area contributed by atoms with Crippen LogP contribution in [0.2, 0.25) is 0 Å². The standard InChI is InChI=1S/C87H56N2O2/c1-53-21-9-12-28-64(53)67-32-17-34-69-71-36-19-39-80(85(71)90-83(67)69)88(60-24-5-3-6-25-60)62-44-41-56-49-74-75-50-57-42-45-63(89(61-26-7-4-8-27-61)81-40-20-37-72-70-35-18-33-68(84(70)91-86(72)81)65-29-13-10-22-54(65)2)48-59(57)52-79(75)87(78(74)51-58(56)47-62)76-38-16-15-31-73(76)82-66-30-14-11-23-55(66)43-46-77(82)87/h3-52H,1-2H3. The lowest BCUT2D eigenvalue weighted by atomic mass is 9.70. The Morgan fingerprint density at radius 3 is 1.19 bits per heavy atom. The van der Waals surface area contributed by atoms with Crippen LogP contribution in [-0.2, 0) is 5.41 Å². The summed E-state index contributed by atoms with van der Waals surface area (Å²) >= 11 is 0. The van der Waals surface area contributed by atoms with E-state index in [1.54, 1.807) is 0 Å². The minimum Gasteiger partial charge on any atom is -0.453 e. The first-order chi connectivity index (χ1) is 45.0. The maximum absolute atomic E-state index is 7.19. The Morgan fingerprint density at radius 1 is 0.242 bits per heavy atom. The van der Waals surface area contributed by atoms with Crippen LogP contribution >= 0.6 is 0 Å². The van der Waals surface area contributed by atoms with Crippen LogP contribution in [0.3, 0.4) is 0 Å². The third-order valence-corrected chi connectivity index (χ3v) is 19.9. The molecule has 0 saturated carbocycles. The SMILES string of the molecule is Cc1ccccc1-c1cccc2c1oc1c(N(c3ccccc3)c3ccc4cc5c(cc4c3)C3(c4cc6cc(N(c7ccccc7)c7cccc8c7oc7c(-c9ccccc9C)cccc78)ccc6cc4-5)c4ccccc4-c4c3ccc3ccccc43)cccc12. The summed E-state index contributed by atoms with van der Waals surface area (Å²) in [7, 11) is 0. The number of nitrogens with zero attached hydrogens (tertiary/aromatic N) is 2. The van der Waals surface area contributed by atoms with Crippen LogP contribution in [0.15, 0.2) is 312 Å². The van der Waals surface area contributed by atoms with Crippen LogP contribution in [0.5, 0.6) is 0 Å². The van der Waals surface area contributed by atoms with Gasteiger partial charge in [-0.1, -0.05) is 218 Å². The Kier molecular flexibility index (Phi) is 11.1. The number of hydrogen-bond acceptors (Lipinski definition) is 4. The first-order valence-corrected chi connectivity index (χ1v) is 31.5. The van der Waals surface area contributed by atoms with Gasteiger partial charge in [0.1, 0.15) is 11.2 Å². The normalized spacial score (nSPS) is 12.8. The molecule has 2 aliphatic rings. The summed E-state index contributed by atoms with van der Waals surface area (Å²) in [5, 5.41) is 11.5. The second kappa shape index (κ2) is 19.6. The van der Waals surface area contributed by atoms with E-state index in [4.69, 9.17) is 8.83 Å². The molecule has 4 nitrogen and oxygen atoms in total. The smallest absolute Gasteiger partial charge is 0.159 e. The Labute approximate surface area is 526 Å². The number of rotatable bonds is 8. The Bertz CT molecular complexity index is 5600. The van der Waals surface area contributed by atoms with Crippen molar-refractivity contribution >= 4 is 110 Å². The molecule has 0 unspecified atom stereocenters. The topological polar surface area (TPSA) is 32.8 Å². The summed E-state index contributed by atoms with van der Waals surface area (Å²) in [4.78, 5) is 4.75. The molecular formula is C87H56N2O2. The molecule has 91 heavy (non-hydrogen) atoms. The highest BCUT2D eigenvalue weighted by molar-refractivity contribution is 6.16. The fourth-order valence-corrected chi connectivity index (χ4v) is 15.8. The van der Waals surface area contributed by atoms with Gasteiger partial charge in [0.05, 0.1) is 16.8 Å². The van der Waals surface area contributed by atoms with E-state index >= 15 is 0 Å². The third-order valence-electron chi connectivity index (χ3n) is 19.9. The lowest BCUT2D eigenvalue weighted by molar-refractivity contribution is 0.670. The van der Waals surface area contributed by atoms with E-state index < -0.39 is 5.41 Å². The quantitative estimate of drug-likeness (QED) is 0.152. The van der Waals surface area contributed by atoms with Gasteiger partial charge < -0.3 is 18.6 Å². The zero-order chi connectivity index (χ0) is 60.1. The second-order valence-corrected chi connectivity index (χ2v) is 24.7. The van der Waals surface area contributed by atoms with Gasteiger partial charge in [-0.25, -0.2) is 0 Å². The fourth-order valence-electron chi connectivity index (χ4n) is 15.8. The van der Waals surface area contributed by atoms with Crippen LogP contribution in [-0.4, -0.2) is 0 Å². The highest BCUT2D eigenvalue weighted by atomic mass is 16.3. The van der Waals surface area contributed by atoms with Crippen LogP contribution in [0.4, 0.5) is 34.1 Å². The van der Waals surface area contributed by atoms with Gasteiger partial charge >= 0.3 is 0 Å². The number of para-hydroxylation sites is 6. The van der Waals surface area contributed by atoms with Gasteiger partial charge in [0.15, 0.2) is 11.2 Å². The van der Waals surface area contributed by atoms with Crippen molar-refractivity contribution in [2.24, 2.45) is 0 Å². The number of anilines is 6. The lowest BCUT2D eigenvalue weighted by Gasteiger charge is -2.31. The summed E-state index contributed by atoms with van der Waals surface area (Å²) in [6.07, 6.45) is 0. The number of benzene rings is 15. The Balaban J connectivity index is 0.822. The lowest BCUT2D eigenvalue weighted by Crippen LogP contribution is -2.26. The molecule has 19 rings (SSSR count). The largest absolute Gasteiger partial charge is 0.453 e. The molecule has 2 aliphatic carbocycles. The molecule has 0 fully saturated rings. The summed E-state index contributed by atoms with van der Waals surface area (Å²) in [5.74, 6) is 0. The molecule has 0 atom stereocenters. The molecule has 0 aliphatic heterocycles. The first-order valence-electron chi connectivity index (χ1n) is 31.5. The minimum atomic E-state index is -0.656. The predicted octanol–water partition coefficient (Wildman–Crippen LogP) is 24.2. The van der Waals surface area contributed by atoms with E-state index in [9.17, 15) is 0 Å². The molecule has 4 heteroatoms. The Morgan fingerprint density at radius 2 is 0.659 bits per heavy atom. The summed E-state index contributed by atoms with van der Waals surface area (Å²) in [6, 6.07) is 112. The first kappa shape index (κ1) is 51.3. The van der Waals surface area contributed by atoms with Crippen molar-refractivity contribution in [3.8, 4) is 44.5 Å². The van der Waals surface area contributed by atoms with Gasteiger partial charge in [-0.3, -0.25) is 0 Å². The molecule has 0 amide bonds. The van der Waals surface area contributed by atoms with Gasteiger partial charge in [0.25, 0.3) is 0 Å². The van der Waals surface area contributed by atoms with E-state index in [0.717, 1.165) is 99.9 Å². The summed E-state index contributed by atoms with van der Waals surface area (Å²) < 4.78 is 14.4. The molecule has 2 aromatic heterocycles. The molecule has 1 spiro atoms. The molecule has 0 radical (unpaired) electrons. The van der Waals surface area contributed by atoms with Crippen molar-refractivity contribution < 1.29 is 8.83 Å². The molecule has 0 bridgehead atoms. The van der Waals surface area contributed by atoms with E-state index in [1.165, 1.54) is 88.3 Å². The number of aryl methyl sites for hydroxylation is 2. The second-order valence-electron chi connectivity index (χ2n) is 24.7. The van der Waals surface area contributed by atoms with Crippen LogP contribution in [0, 0.1) is 13.8 Å². The van der Waals surface area contributed by atoms with E-state index in [0.29, 0.717) is 0 Å². The summed E-state index contributed by atoms with van der Waals surface area (Å²) in [6.45, 7) is 4.35. The van der Waals surface area contributed by atoms with Gasteiger partial charge in [-0.05, 0) is 198 Å². The maximum atomic E-state index is 7.19. The van der Waals surface area contributed by atoms with Crippen molar-refractivity contribution in [2.45, 2.75) is 19.3 Å². The highest BCUT2D eigenvalue weighted by Crippen LogP contribution is 2.65. The molecule has 15 aromatic carbocycles. The van der Waals surface area contributed by atoms with E-state index in [-0.39, 0.29) is 0 Å². The van der Waals surface area contributed by atoms with E-state index in [1.807, 2.05) is 0 Å². The van der Waals surface area contributed by atoms with Gasteiger partial charge in [0, 0.05) is 55.4 Å². The molecule has 17 aromatic rings. The van der Waals surface area contributed by atoms with Crippen molar-refractivity contribution in [1.82, 2.24) is 0 Å². The van der Waals surface area contributed by atoms with E-state index in [2.05, 4.69) is 327 Å². The molecule has 426 valence electrons.